The minimum absolute atomic E-state index is 0.0618. The lowest BCUT2D eigenvalue weighted by molar-refractivity contribution is 0.0727. The molecule has 3 rings (SSSR count). The van der Waals surface area contributed by atoms with Crippen molar-refractivity contribution in [3.05, 3.63) is 74.2 Å². The monoisotopic (exact) mass is 409 g/mol. The maximum atomic E-state index is 12.8. The molecule has 0 radical (unpaired) electrons. The third-order valence-electron chi connectivity index (χ3n) is 4.16. The molecule has 1 amide bonds. The number of benzene rings is 2. The van der Waals surface area contributed by atoms with Gasteiger partial charge in [0.2, 0.25) is 0 Å². The van der Waals surface area contributed by atoms with E-state index in [1.165, 1.54) is 0 Å². The topological polar surface area (TPSA) is 20.3 Å². The van der Waals surface area contributed by atoms with Gasteiger partial charge in [0, 0.05) is 29.2 Å². The number of fused-ring (bicyclic) bond motifs is 1. The molecule has 0 fully saturated rings. The lowest BCUT2D eigenvalue weighted by Crippen LogP contribution is -2.37. The Morgan fingerprint density at radius 1 is 1.19 bits per heavy atom. The Morgan fingerprint density at radius 2 is 1.88 bits per heavy atom. The number of hydrogen-bond acceptors (Lipinski definition) is 1. The van der Waals surface area contributed by atoms with Crippen molar-refractivity contribution in [2.24, 2.45) is 0 Å². The van der Waals surface area contributed by atoms with Crippen molar-refractivity contribution in [1.82, 2.24) is 4.90 Å². The predicted octanol–water partition coefficient (Wildman–Crippen LogP) is 6.90. The Hall–Kier alpha value is -1.48. The lowest BCUT2D eigenvalue weighted by atomic mass is 9.94. The summed E-state index contributed by atoms with van der Waals surface area (Å²) in [5, 5.41) is 1.67. The highest BCUT2D eigenvalue weighted by Gasteiger charge is 2.28. The minimum atomic E-state index is -0.0618. The zero-order valence-corrected chi connectivity index (χ0v) is 17.5. The SMILES string of the molecule is C=C(C)c1c(Cl)cc2c(c1Cl)CCN(Cc1cccc(Cl)c1)C2=O.CC. The molecule has 2 aromatic rings. The van der Waals surface area contributed by atoms with Crippen molar-refractivity contribution in [2.75, 3.05) is 6.54 Å². The average Bonchev–Trinajstić information content (AvgIpc) is 2.59. The van der Waals surface area contributed by atoms with Crippen molar-refractivity contribution in [2.45, 2.75) is 33.7 Å². The molecule has 26 heavy (non-hydrogen) atoms. The Balaban J connectivity index is 0.00000117. The normalized spacial score (nSPS) is 13.0. The number of carbonyl (C=O) groups excluding carboxylic acids is 1. The second-order valence-electron chi connectivity index (χ2n) is 5.96. The molecule has 0 aromatic heterocycles. The molecule has 0 spiro atoms. The lowest BCUT2D eigenvalue weighted by Gasteiger charge is -2.30. The summed E-state index contributed by atoms with van der Waals surface area (Å²) in [5.74, 6) is -0.0618. The first-order chi connectivity index (χ1) is 12.4. The average molecular weight is 411 g/mol. The summed E-state index contributed by atoms with van der Waals surface area (Å²) in [4.78, 5) is 14.6. The summed E-state index contributed by atoms with van der Waals surface area (Å²) in [5.41, 5.74) is 3.94. The van der Waals surface area contributed by atoms with Gasteiger partial charge in [0.25, 0.3) is 5.91 Å². The number of rotatable bonds is 3. The predicted molar refractivity (Wildman–Crippen MR) is 112 cm³/mol. The van der Waals surface area contributed by atoms with Gasteiger partial charge in [0.15, 0.2) is 0 Å². The van der Waals surface area contributed by atoms with Gasteiger partial charge in [-0.2, -0.15) is 0 Å². The van der Waals surface area contributed by atoms with Crippen LogP contribution in [0.4, 0.5) is 0 Å². The largest absolute Gasteiger partial charge is 0.334 e. The van der Waals surface area contributed by atoms with Gasteiger partial charge in [0.1, 0.15) is 0 Å². The molecule has 5 heteroatoms. The zero-order valence-electron chi connectivity index (χ0n) is 15.2. The first-order valence-corrected chi connectivity index (χ1v) is 9.72. The quantitative estimate of drug-likeness (QED) is 0.538. The second kappa shape index (κ2) is 8.94. The van der Waals surface area contributed by atoms with Crippen LogP contribution < -0.4 is 0 Å². The van der Waals surface area contributed by atoms with Gasteiger partial charge in [-0.3, -0.25) is 4.79 Å². The number of hydrogen-bond donors (Lipinski definition) is 0. The smallest absolute Gasteiger partial charge is 0.254 e. The molecular weight excluding hydrogens is 389 g/mol. The van der Waals surface area contributed by atoms with Gasteiger partial charge in [-0.25, -0.2) is 0 Å². The fraction of sp³-hybridized carbons (Fsp3) is 0.286. The van der Waals surface area contributed by atoms with E-state index in [-0.39, 0.29) is 5.91 Å². The van der Waals surface area contributed by atoms with Crippen molar-refractivity contribution >= 4 is 46.3 Å². The first-order valence-electron chi connectivity index (χ1n) is 8.59. The number of nitrogens with zero attached hydrogens (tertiary/aromatic N) is 1. The summed E-state index contributed by atoms with van der Waals surface area (Å²) < 4.78 is 0. The minimum Gasteiger partial charge on any atom is -0.334 e. The van der Waals surface area contributed by atoms with Crippen molar-refractivity contribution in [3.8, 4) is 0 Å². The Kier molecular flexibility index (Phi) is 7.16. The van der Waals surface area contributed by atoms with Gasteiger partial charge >= 0.3 is 0 Å². The van der Waals surface area contributed by atoms with Crippen LogP contribution in [0.3, 0.4) is 0 Å². The van der Waals surface area contributed by atoms with Gasteiger partial charge in [-0.15, -0.1) is 0 Å². The van der Waals surface area contributed by atoms with E-state index in [0.29, 0.717) is 40.1 Å². The summed E-state index contributed by atoms with van der Waals surface area (Å²) >= 11 is 18.8. The van der Waals surface area contributed by atoms with E-state index >= 15 is 0 Å². The van der Waals surface area contributed by atoms with Gasteiger partial charge in [-0.1, -0.05) is 67.4 Å². The van der Waals surface area contributed by atoms with Crippen LogP contribution in [0.5, 0.6) is 0 Å². The molecule has 2 nitrogen and oxygen atoms in total. The molecule has 0 saturated heterocycles. The molecular formula is C21H22Cl3NO. The standard InChI is InChI=1S/C19H16Cl3NO.C2H6/c1-11(2)17-16(21)9-15-14(18(17)22)6-7-23(19(15)24)10-12-4-3-5-13(20)8-12;1-2/h3-5,8-9H,1,6-7,10H2,2H3;1-2H3. The summed E-state index contributed by atoms with van der Waals surface area (Å²) in [7, 11) is 0. The number of carbonyl (C=O) groups is 1. The maximum Gasteiger partial charge on any atom is 0.254 e. The number of amides is 1. The molecule has 0 N–H and O–H groups in total. The maximum absolute atomic E-state index is 12.8. The van der Waals surface area contributed by atoms with E-state index < -0.39 is 0 Å². The van der Waals surface area contributed by atoms with E-state index in [1.54, 1.807) is 11.0 Å². The Bertz CT molecular complexity index is 845. The molecule has 1 heterocycles. The molecule has 1 aliphatic rings. The van der Waals surface area contributed by atoms with Crippen molar-refractivity contribution < 1.29 is 4.79 Å². The van der Waals surface area contributed by atoms with E-state index in [9.17, 15) is 4.79 Å². The molecule has 0 atom stereocenters. The van der Waals surface area contributed by atoms with Gasteiger partial charge in [-0.05, 0) is 48.2 Å². The highest BCUT2D eigenvalue weighted by Crippen LogP contribution is 2.37. The van der Waals surface area contributed by atoms with E-state index in [1.807, 2.05) is 45.0 Å². The fourth-order valence-corrected chi connectivity index (χ4v) is 4.10. The molecule has 0 unspecified atom stereocenters. The Labute approximate surface area is 170 Å². The van der Waals surface area contributed by atoms with Gasteiger partial charge in [0.05, 0.1) is 10.0 Å². The third-order valence-corrected chi connectivity index (χ3v) is 5.11. The highest BCUT2D eigenvalue weighted by molar-refractivity contribution is 6.38. The van der Waals surface area contributed by atoms with Crippen molar-refractivity contribution in [3.63, 3.8) is 0 Å². The molecule has 0 saturated carbocycles. The summed E-state index contributed by atoms with van der Waals surface area (Å²) in [6, 6.07) is 9.23. The third kappa shape index (κ3) is 4.25. The molecule has 0 bridgehead atoms. The molecule has 0 aliphatic carbocycles. The van der Waals surface area contributed by atoms with Gasteiger partial charge < -0.3 is 4.90 Å². The number of halogens is 3. The molecule has 138 valence electrons. The highest BCUT2D eigenvalue weighted by atomic mass is 35.5. The van der Waals surface area contributed by atoms with E-state index in [0.717, 1.165) is 22.3 Å². The first kappa shape index (κ1) is 20.8. The summed E-state index contributed by atoms with van der Waals surface area (Å²) in [6.07, 6.45) is 0.692. The zero-order chi connectivity index (χ0) is 19.4. The van der Waals surface area contributed by atoms with E-state index in [2.05, 4.69) is 6.58 Å². The molecule has 2 aromatic carbocycles. The van der Waals surface area contributed by atoms with E-state index in [4.69, 9.17) is 34.8 Å². The fourth-order valence-electron chi connectivity index (χ4n) is 3.01. The van der Waals surface area contributed by atoms with Crippen LogP contribution in [-0.4, -0.2) is 17.4 Å². The van der Waals surface area contributed by atoms with Crippen LogP contribution >= 0.6 is 34.8 Å². The van der Waals surface area contributed by atoms with Crippen LogP contribution in [0, 0.1) is 0 Å². The number of allylic oxidation sites excluding steroid dienone is 1. The van der Waals surface area contributed by atoms with Crippen LogP contribution in [0.1, 0.15) is 47.8 Å². The van der Waals surface area contributed by atoms with Crippen molar-refractivity contribution in [1.29, 1.82) is 0 Å². The molecule has 1 aliphatic heterocycles. The van der Waals surface area contributed by atoms with Crippen LogP contribution in [-0.2, 0) is 13.0 Å². The second-order valence-corrected chi connectivity index (χ2v) is 7.18. The van der Waals surface area contributed by atoms with Crippen LogP contribution in [0.25, 0.3) is 5.57 Å². The van der Waals surface area contributed by atoms with Crippen LogP contribution in [0.15, 0.2) is 36.9 Å². The van der Waals surface area contributed by atoms with Crippen LogP contribution in [0.2, 0.25) is 15.1 Å². The Morgan fingerprint density at radius 3 is 2.50 bits per heavy atom. The summed E-state index contributed by atoms with van der Waals surface area (Å²) in [6.45, 7) is 10.9.